The molecule has 7 heteroatoms. The minimum absolute atomic E-state index is 0.334. The van der Waals surface area contributed by atoms with Gasteiger partial charge in [0, 0.05) is 6.08 Å². The third-order valence-corrected chi connectivity index (χ3v) is 3.01. The van der Waals surface area contributed by atoms with Crippen LogP contribution in [0.1, 0.15) is 22.2 Å². The molecule has 18 heavy (non-hydrogen) atoms. The third-order valence-electron chi connectivity index (χ3n) is 2.08. The van der Waals surface area contributed by atoms with Gasteiger partial charge in [0.05, 0.1) is 4.88 Å². The summed E-state index contributed by atoms with van der Waals surface area (Å²) < 4.78 is 0. The summed E-state index contributed by atoms with van der Waals surface area (Å²) in [5, 5.41) is 12.6. The Balaban J connectivity index is 2.84. The highest BCUT2D eigenvalue weighted by molar-refractivity contribution is 7.12. The Morgan fingerprint density at radius 3 is 2.72 bits per heavy atom. The lowest BCUT2D eigenvalue weighted by atomic mass is 10.2. The van der Waals surface area contributed by atoms with Crippen molar-refractivity contribution in [1.82, 2.24) is 5.32 Å². The van der Waals surface area contributed by atoms with Crippen molar-refractivity contribution in [2.45, 2.75) is 13.0 Å². The molecule has 0 aliphatic heterocycles. The summed E-state index contributed by atoms with van der Waals surface area (Å²) in [6.45, 7) is 1.47. The maximum Gasteiger partial charge on any atom is 0.328 e. The number of primary amides is 1. The molecule has 6 nitrogen and oxygen atoms in total. The molecule has 4 N–H and O–H groups in total. The second-order valence-electron chi connectivity index (χ2n) is 3.47. The summed E-state index contributed by atoms with van der Waals surface area (Å²) in [6.07, 6.45) is 2.26. The molecule has 0 saturated heterocycles. The van der Waals surface area contributed by atoms with Gasteiger partial charge in [0.2, 0.25) is 5.91 Å². The molecule has 1 unspecified atom stereocenters. The van der Waals surface area contributed by atoms with Crippen LogP contribution in [0.3, 0.4) is 0 Å². The number of aliphatic carboxylic acids is 1. The van der Waals surface area contributed by atoms with E-state index < -0.39 is 23.8 Å². The van der Waals surface area contributed by atoms with Crippen LogP contribution in [-0.4, -0.2) is 28.9 Å². The van der Waals surface area contributed by atoms with Crippen LogP contribution in [-0.2, 0) is 9.59 Å². The second-order valence-corrected chi connectivity index (χ2v) is 4.39. The molecule has 0 saturated carbocycles. The van der Waals surface area contributed by atoms with E-state index in [2.05, 4.69) is 5.32 Å². The summed E-state index contributed by atoms with van der Waals surface area (Å²) in [5.41, 5.74) is 5.52. The number of carboxylic acids is 1. The Morgan fingerprint density at radius 2 is 2.17 bits per heavy atom. The van der Waals surface area contributed by atoms with Gasteiger partial charge in [-0.05, 0) is 30.0 Å². The van der Waals surface area contributed by atoms with Gasteiger partial charge in [0.25, 0.3) is 5.91 Å². The number of nitrogens with one attached hydrogen (secondary N) is 1. The average Bonchev–Trinajstić information content (AvgIpc) is 2.74. The average molecular weight is 268 g/mol. The molecule has 1 rings (SSSR count). The van der Waals surface area contributed by atoms with Crippen molar-refractivity contribution in [3.8, 4) is 0 Å². The van der Waals surface area contributed by atoms with E-state index in [9.17, 15) is 14.4 Å². The molecule has 0 aliphatic carbocycles. The highest BCUT2D eigenvalue weighted by Gasteiger charge is 2.16. The van der Waals surface area contributed by atoms with Crippen molar-refractivity contribution in [1.29, 1.82) is 0 Å². The molecular formula is C11H12N2O4S. The Bertz CT molecular complexity index is 507. The first-order valence-electron chi connectivity index (χ1n) is 5.00. The van der Waals surface area contributed by atoms with E-state index in [1.165, 1.54) is 13.0 Å². The van der Waals surface area contributed by atoms with Crippen molar-refractivity contribution in [2.24, 2.45) is 5.73 Å². The SMILES string of the molecule is CC(NC(=O)c1sccc1C=CC(=O)O)C(N)=O. The lowest BCUT2D eigenvalue weighted by Gasteiger charge is -2.09. The van der Waals surface area contributed by atoms with Crippen molar-refractivity contribution >= 4 is 35.2 Å². The standard InChI is InChI=1S/C11H12N2O4S/c1-6(10(12)16)13-11(17)9-7(4-5-18-9)2-3-8(14)15/h2-6H,1H3,(H2,12,16)(H,13,17)(H,14,15). The van der Waals surface area contributed by atoms with E-state index in [0.717, 1.165) is 17.4 Å². The van der Waals surface area contributed by atoms with Crippen LogP contribution in [0.2, 0.25) is 0 Å². The second kappa shape index (κ2) is 5.97. The Labute approximate surface area is 107 Å². The number of rotatable bonds is 5. The van der Waals surface area contributed by atoms with Crippen molar-refractivity contribution in [3.63, 3.8) is 0 Å². The number of thiophene rings is 1. The molecular weight excluding hydrogens is 256 g/mol. The summed E-state index contributed by atoms with van der Waals surface area (Å²) >= 11 is 1.15. The van der Waals surface area contributed by atoms with Gasteiger partial charge in [0.15, 0.2) is 0 Å². The first kappa shape index (κ1) is 13.9. The topological polar surface area (TPSA) is 109 Å². The van der Waals surface area contributed by atoms with E-state index in [4.69, 9.17) is 10.8 Å². The molecule has 1 atom stereocenters. The minimum atomic E-state index is -1.10. The normalized spacial score (nSPS) is 12.3. The largest absolute Gasteiger partial charge is 0.478 e. The zero-order valence-corrected chi connectivity index (χ0v) is 10.4. The first-order chi connectivity index (χ1) is 8.41. The number of hydrogen-bond acceptors (Lipinski definition) is 4. The Hall–Kier alpha value is -2.15. The van der Waals surface area contributed by atoms with Crippen LogP contribution in [0.5, 0.6) is 0 Å². The van der Waals surface area contributed by atoms with Gasteiger partial charge < -0.3 is 16.2 Å². The van der Waals surface area contributed by atoms with E-state index in [-0.39, 0.29) is 0 Å². The Morgan fingerprint density at radius 1 is 1.50 bits per heavy atom. The quantitative estimate of drug-likeness (QED) is 0.673. The number of nitrogens with two attached hydrogens (primary N) is 1. The highest BCUT2D eigenvalue weighted by atomic mass is 32.1. The van der Waals surface area contributed by atoms with Gasteiger partial charge in [-0.3, -0.25) is 9.59 Å². The lowest BCUT2D eigenvalue weighted by Crippen LogP contribution is -2.42. The van der Waals surface area contributed by atoms with Gasteiger partial charge in [0.1, 0.15) is 6.04 Å². The maximum atomic E-state index is 11.8. The molecule has 0 radical (unpaired) electrons. The zero-order valence-electron chi connectivity index (χ0n) is 9.54. The van der Waals surface area contributed by atoms with Crippen molar-refractivity contribution < 1.29 is 19.5 Å². The summed E-state index contributed by atoms with van der Waals surface area (Å²) in [4.78, 5) is 33.4. The fourth-order valence-electron chi connectivity index (χ4n) is 1.13. The number of hydrogen-bond donors (Lipinski definition) is 3. The highest BCUT2D eigenvalue weighted by Crippen LogP contribution is 2.18. The van der Waals surface area contributed by atoms with Gasteiger partial charge in [-0.1, -0.05) is 0 Å². The molecule has 1 heterocycles. The molecule has 96 valence electrons. The van der Waals surface area contributed by atoms with Gasteiger partial charge >= 0.3 is 5.97 Å². The molecule has 1 aromatic rings. The molecule has 0 bridgehead atoms. The molecule has 1 aromatic heterocycles. The van der Waals surface area contributed by atoms with Crippen LogP contribution in [0.25, 0.3) is 6.08 Å². The summed E-state index contributed by atoms with van der Waals surface area (Å²) in [7, 11) is 0. The predicted molar refractivity (Wildman–Crippen MR) is 67.1 cm³/mol. The summed E-state index contributed by atoms with van der Waals surface area (Å²) in [5.74, 6) is -2.19. The lowest BCUT2D eigenvalue weighted by molar-refractivity contribution is -0.131. The van der Waals surface area contributed by atoms with Crippen LogP contribution in [0, 0.1) is 0 Å². The smallest absolute Gasteiger partial charge is 0.328 e. The van der Waals surface area contributed by atoms with E-state index in [1.54, 1.807) is 11.4 Å². The Kier molecular flexibility index (Phi) is 4.61. The number of amides is 2. The van der Waals surface area contributed by atoms with Crippen molar-refractivity contribution in [3.05, 3.63) is 28.0 Å². The number of carboxylic acid groups (broad SMARTS) is 1. The molecule has 0 aromatic carbocycles. The first-order valence-corrected chi connectivity index (χ1v) is 5.88. The van der Waals surface area contributed by atoms with Crippen LogP contribution in [0.4, 0.5) is 0 Å². The van der Waals surface area contributed by atoms with Gasteiger partial charge in [-0.15, -0.1) is 11.3 Å². The maximum absolute atomic E-state index is 11.8. The van der Waals surface area contributed by atoms with E-state index >= 15 is 0 Å². The van der Waals surface area contributed by atoms with E-state index in [1.807, 2.05) is 0 Å². The zero-order chi connectivity index (χ0) is 13.7. The fraction of sp³-hybridized carbons (Fsp3) is 0.182. The predicted octanol–water partition coefficient (Wildman–Crippen LogP) is 0.450. The molecule has 0 fully saturated rings. The summed E-state index contributed by atoms with van der Waals surface area (Å²) in [6, 6.07) is 0.837. The molecule has 2 amide bonds. The van der Waals surface area contributed by atoms with Crippen LogP contribution in [0.15, 0.2) is 17.5 Å². The number of carbonyl (C=O) groups is 3. The van der Waals surface area contributed by atoms with Gasteiger partial charge in [-0.25, -0.2) is 4.79 Å². The van der Waals surface area contributed by atoms with Crippen LogP contribution < -0.4 is 11.1 Å². The number of carbonyl (C=O) groups excluding carboxylic acids is 2. The minimum Gasteiger partial charge on any atom is -0.478 e. The fourth-order valence-corrected chi connectivity index (χ4v) is 1.92. The van der Waals surface area contributed by atoms with Gasteiger partial charge in [-0.2, -0.15) is 0 Å². The van der Waals surface area contributed by atoms with Crippen molar-refractivity contribution in [2.75, 3.05) is 0 Å². The van der Waals surface area contributed by atoms with Crippen LogP contribution >= 0.6 is 11.3 Å². The third kappa shape index (κ3) is 3.70. The molecule has 0 aliphatic rings. The molecule has 0 spiro atoms. The van der Waals surface area contributed by atoms with E-state index in [0.29, 0.717) is 10.4 Å². The monoisotopic (exact) mass is 268 g/mol.